The van der Waals surface area contributed by atoms with Gasteiger partial charge in [0, 0.05) is 19.1 Å². The minimum absolute atomic E-state index is 0.113. The van der Waals surface area contributed by atoms with Crippen molar-refractivity contribution >= 4 is 0 Å². The monoisotopic (exact) mass is 213 g/mol. The van der Waals surface area contributed by atoms with Crippen molar-refractivity contribution in [3.05, 3.63) is 11.7 Å². The molecule has 0 amide bonds. The molecule has 0 fully saturated rings. The maximum atomic E-state index is 5.79. The quantitative estimate of drug-likeness (QED) is 0.682. The van der Waals surface area contributed by atoms with Gasteiger partial charge in [0.25, 0.3) is 0 Å². The third-order valence-electron chi connectivity index (χ3n) is 2.14. The molecule has 86 valence electrons. The van der Waals surface area contributed by atoms with Gasteiger partial charge < -0.3 is 15.0 Å². The summed E-state index contributed by atoms with van der Waals surface area (Å²) in [4.78, 5) is 4.23. The molecule has 1 aromatic rings. The number of nitrogens with zero attached hydrogens (tertiary/aromatic N) is 2. The number of ether oxygens (including phenoxy) is 1. The van der Waals surface area contributed by atoms with Crippen LogP contribution in [0.25, 0.3) is 0 Å². The summed E-state index contributed by atoms with van der Waals surface area (Å²) in [5.41, 5.74) is 5.79. The van der Waals surface area contributed by atoms with Crippen molar-refractivity contribution in [1.82, 2.24) is 10.1 Å². The zero-order valence-corrected chi connectivity index (χ0v) is 9.40. The van der Waals surface area contributed by atoms with Gasteiger partial charge in [-0.25, -0.2) is 0 Å². The maximum absolute atomic E-state index is 5.79. The number of aromatic nitrogens is 2. The molecular formula is C10H19N3O2. The first-order valence-electron chi connectivity index (χ1n) is 5.41. The molecule has 0 spiro atoms. The van der Waals surface area contributed by atoms with E-state index in [4.69, 9.17) is 15.0 Å². The molecule has 0 aliphatic rings. The van der Waals surface area contributed by atoms with E-state index < -0.39 is 0 Å². The number of rotatable bonds is 7. The Balaban J connectivity index is 2.35. The van der Waals surface area contributed by atoms with E-state index in [0.29, 0.717) is 37.8 Å². The Hall–Kier alpha value is -0.940. The fraction of sp³-hybridized carbons (Fsp3) is 0.800. The molecule has 0 saturated carbocycles. The van der Waals surface area contributed by atoms with Gasteiger partial charge in [-0.3, -0.25) is 0 Å². The van der Waals surface area contributed by atoms with Gasteiger partial charge >= 0.3 is 0 Å². The molecule has 0 aliphatic heterocycles. The van der Waals surface area contributed by atoms with Gasteiger partial charge in [-0.1, -0.05) is 12.1 Å². The lowest BCUT2D eigenvalue weighted by Crippen LogP contribution is -2.22. The largest absolute Gasteiger partial charge is 0.381 e. The van der Waals surface area contributed by atoms with Crippen molar-refractivity contribution in [3.8, 4) is 0 Å². The molecule has 1 rings (SSSR count). The minimum Gasteiger partial charge on any atom is -0.381 e. The van der Waals surface area contributed by atoms with E-state index in [0.717, 1.165) is 6.42 Å². The summed E-state index contributed by atoms with van der Waals surface area (Å²) in [6, 6.07) is 0.113. The van der Waals surface area contributed by atoms with Crippen LogP contribution in [0.15, 0.2) is 4.52 Å². The Morgan fingerprint density at radius 2 is 2.27 bits per heavy atom. The van der Waals surface area contributed by atoms with E-state index in [1.165, 1.54) is 0 Å². The molecule has 1 atom stereocenters. The average molecular weight is 213 g/mol. The average Bonchev–Trinajstić information content (AvgIpc) is 2.66. The standard InChI is InChI=1S/C10H19N3O2/c1-3-8(11)7-9-12-10(15-13-9)5-6-14-4-2/h8H,3-7,11H2,1-2H3. The molecule has 1 aromatic heterocycles. The lowest BCUT2D eigenvalue weighted by Gasteiger charge is -2.02. The van der Waals surface area contributed by atoms with Crippen LogP contribution in [0.4, 0.5) is 0 Å². The van der Waals surface area contributed by atoms with Crippen LogP contribution in [0, 0.1) is 0 Å². The number of hydrogen-bond acceptors (Lipinski definition) is 5. The Bertz CT molecular complexity index is 275. The smallest absolute Gasteiger partial charge is 0.228 e. The van der Waals surface area contributed by atoms with Crippen molar-refractivity contribution < 1.29 is 9.26 Å². The molecule has 2 N–H and O–H groups in total. The van der Waals surface area contributed by atoms with E-state index in [1.54, 1.807) is 0 Å². The second-order valence-electron chi connectivity index (χ2n) is 3.42. The summed E-state index contributed by atoms with van der Waals surface area (Å²) >= 11 is 0. The maximum Gasteiger partial charge on any atom is 0.228 e. The van der Waals surface area contributed by atoms with Gasteiger partial charge in [0.1, 0.15) is 0 Å². The molecule has 0 aliphatic carbocycles. The first-order chi connectivity index (χ1) is 7.26. The van der Waals surface area contributed by atoms with Crippen molar-refractivity contribution in [2.45, 2.75) is 39.2 Å². The summed E-state index contributed by atoms with van der Waals surface area (Å²) in [5, 5.41) is 3.86. The number of hydrogen-bond donors (Lipinski definition) is 1. The van der Waals surface area contributed by atoms with Crippen molar-refractivity contribution in [2.75, 3.05) is 13.2 Å². The third-order valence-corrected chi connectivity index (χ3v) is 2.14. The van der Waals surface area contributed by atoms with Gasteiger partial charge in [-0.15, -0.1) is 0 Å². The van der Waals surface area contributed by atoms with Crippen LogP contribution in [0.3, 0.4) is 0 Å². The predicted octanol–water partition coefficient (Wildman–Crippen LogP) is 0.928. The molecule has 0 aromatic carbocycles. The summed E-state index contributed by atoms with van der Waals surface area (Å²) in [5.74, 6) is 1.32. The highest BCUT2D eigenvalue weighted by molar-refractivity contribution is 4.89. The van der Waals surface area contributed by atoms with E-state index in [1.807, 2.05) is 13.8 Å². The molecular weight excluding hydrogens is 194 g/mol. The second kappa shape index (κ2) is 6.53. The molecule has 0 bridgehead atoms. The van der Waals surface area contributed by atoms with Crippen LogP contribution >= 0.6 is 0 Å². The van der Waals surface area contributed by atoms with E-state index in [9.17, 15) is 0 Å². The van der Waals surface area contributed by atoms with Crippen LogP contribution in [-0.2, 0) is 17.6 Å². The van der Waals surface area contributed by atoms with Gasteiger partial charge in [-0.05, 0) is 13.3 Å². The lowest BCUT2D eigenvalue weighted by atomic mass is 10.2. The third kappa shape index (κ3) is 4.40. The SMILES string of the molecule is CCOCCc1nc(CC(N)CC)no1. The Kier molecular flexibility index (Phi) is 5.28. The summed E-state index contributed by atoms with van der Waals surface area (Å²) in [6.45, 7) is 5.33. The predicted molar refractivity (Wildman–Crippen MR) is 56.5 cm³/mol. The van der Waals surface area contributed by atoms with Gasteiger partial charge in [-0.2, -0.15) is 4.98 Å². The molecule has 1 unspecified atom stereocenters. The van der Waals surface area contributed by atoms with E-state index >= 15 is 0 Å². The highest BCUT2D eigenvalue weighted by Crippen LogP contribution is 2.02. The Morgan fingerprint density at radius 3 is 2.93 bits per heavy atom. The fourth-order valence-electron chi connectivity index (χ4n) is 1.16. The summed E-state index contributed by atoms with van der Waals surface area (Å²) < 4.78 is 10.3. The zero-order valence-electron chi connectivity index (χ0n) is 9.40. The molecule has 0 saturated heterocycles. The van der Waals surface area contributed by atoms with Gasteiger partial charge in [0.2, 0.25) is 5.89 Å². The zero-order chi connectivity index (χ0) is 11.1. The van der Waals surface area contributed by atoms with Crippen LogP contribution in [-0.4, -0.2) is 29.4 Å². The Labute approximate surface area is 90.0 Å². The second-order valence-corrected chi connectivity index (χ2v) is 3.42. The lowest BCUT2D eigenvalue weighted by molar-refractivity contribution is 0.144. The first-order valence-corrected chi connectivity index (χ1v) is 5.41. The molecule has 5 nitrogen and oxygen atoms in total. The Morgan fingerprint density at radius 1 is 1.47 bits per heavy atom. The highest BCUT2D eigenvalue weighted by Gasteiger charge is 2.09. The summed E-state index contributed by atoms with van der Waals surface area (Å²) in [7, 11) is 0. The van der Waals surface area contributed by atoms with Crippen LogP contribution in [0.2, 0.25) is 0 Å². The normalized spacial score (nSPS) is 13.0. The molecule has 15 heavy (non-hydrogen) atoms. The van der Waals surface area contributed by atoms with Gasteiger partial charge in [0.15, 0.2) is 5.82 Å². The first kappa shape index (κ1) is 12.1. The number of nitrogens with two attached hydrogens (primary N) is 1. The fourth-order valence-corrected chi connectivity index (χ4v) is 1.16. The van der Waals surface area contributed by atoms with Crippen LogP contribution in [0.1, 0.15) is 32.0 Å². The van der Waals surface area contributed by atoms with Crippen LogP contribution in [0.5, 0.6) is 0 Å². The molecule has 5 heteroatoms. The summed E-state index contributed by atoms with van der Waals surface area (Å²) in [6.07, 6.45) is 2.26. The topological polar surface area (TPSA) is 74.2 Å². The van der Waals surface area contributed by atoms with E-state index in [-0.39, 0.29) is 6.04 Å². The van der Waals surface area contributed by atoms with Crippen LogP contribution < -0.4 is 5.73 Å². The minimum atomic E-state index is 0.113. The van der Waals surface area contributed by atoms with Crippen molar-refractivity contribution in [2.24, 2.45) is 5.73 Å². The molecule has 1 heterocycles. The van der Waals surface area contributed by atoms with Gasteiger partial charge in [0.05, 0.1) is 13.0 Å². The molecule has 0 radical (unpaired) electrons. The van der Waals surface area contributed by atoms with Crippen molar-refractivity contribution in [3.63, 3.8) is 0 Å². The van der Waals surface area contributed by atoms with E-state index in [2.05, 4.69) is 10.1 Å². The highest BCUT2D eigenvalue weighted by atomic mass is 16.5. The van der Waals surface area contributed by atoms with Crippen molar-refractivity contribution in [1.29, 1.82) is 0 Å².